The second-order valence-electron chi connectivity index (χ2n) is 3.86. The van der Waals surface area contributed by atoms with Crippen LogP contribution in [0.2, 0.25) is 0 Å². The Morgan fingerprint density at radius 2 is 1.76 bits per heavy atom. The minimum absolute atomic E-state index is 0.152. The molecule has 3 heteroatoms. The van der Waals surface area contributed by atoms with Crippen LogP contribution in [-0.4, -0.2) is 11.0 Å². The molecule has 0 aromatic heterocycles. The van der Waals surface area contributed by atoms with Gasteiger partial charge < -0.3 is 10.8 Å². The molecule has 17 heavy (non-hydrogen) atoms. The van der Waals surface area contributed by atoms with E-state index in [2.05, 4.69) is 0 Å². The van der Waals surface area contributed by atoms with Gasteiger partial charge in [-0.3, -0.25) is 4.79 Å². The number of hydrogen-bond acceptors (Lipinski definition) is 2. The number of amides is 1. The van der Waals surface area contributed by atoms with Crippen LogP contribution in [0.25, 0.3) is 11.1 Å². The quantitative estimate of drug-likeness (QED) is 0.827. The topological polar surface area (TPSA) is 63.3 Å². The fourth-order valence-electron chi connectivity index (χ4n) is 1.93. The minimum Gasteiger partial charge on any atom is -0.507 e. The predicted octanol–water partition coefficient (Wildman–Crippen LogP) is 2.47. The Kier molecular flexibility index (Phi) is 2.83. The van der Waals surface area contributed by atoms with Crippen LogP contribution in [0.4, 0.5) is 0 Å². The van der Waals surface area contributed by atoms with Gasteiger partial charge in [-0.05, 0) is 30.2 Å². The molecule has 2 rings (SSSR count). The molecule has 0 saturated heterocycles. The van der Waals surface area contributed by atoms with E-state index in [1.165, 1.54) is 6.07 Å². The highest BCUT2D eigenvalue weighted by Crippen LogP contribution is 2.33. The van der Waals surface area contributed by atoms with Crippen LogP contribution in [0.15, 0.2) is 42.5 Å². The van der Waals surface area contributed by atoms with E-state index in [0.717, 1.165) is 5.56 Å². The zero-order chi connectivity index (χ0) is 12.4. The van der Waals surface area contributed by atoms with Gasteiger partial charge in [-0.25, -0.2) is 0 Å². The van der Waals surface area contributed by atoms with Crippen molar-refractivity contribution in [2.45, 2.75) is 6.92 Å². The van der Waals surface area contributed by atoms with Gasteiger partial charge in [0.25, 0.3) is 0 Å². The third-order valence-electron chi connectivity index (χ3n) is 2.77. The summed E-state index contributed by atoms with van der Waals surface area (Å²) < 4.78 is 0. The van der Waals surface area contributed by atoms with Crippen molar-refractivity contribution in [2.75, 3.05) is 0 Å². The van der Waals surface area contributed by atoms with E-state index in [4.69, 9.17) is 5.73 Å². The summed E-state index contributed by atoms with van der Waals surface area (Å²) in [6.45, 7) is 1.78. The van der Waals surface area contributed by atoms with Gasteiger partial charge in [-0.2, -0.15) is 0 Å². The van der Waals surface area contributed by atoms with Crippen molar-refractivity contribution >= 4 is 5.91 Å². The molecule has 0 unspecified atom stereocenters. The van der Waals surface area contributed by atoms with Gasteiger partial charge in [0.1, 0.15) is 5.75 Å². The van der Waals surface area contributed by atoms with Crippen LogP contribution in [0, 0.1) is 6.92 Å². The average Bonchev–Trinajstić information content (AvgIpc) is 2.30. The van der Waals surface area contributed by atoms with Crippen molar-refractivity contribution in [1.29, 1.82) is 0 Å². The molecule has 0 spiro atoms. The molecule has 0 aliphatic rings. The number of primary amides is 1. The molecule has 0 atom stereocenters. The van der Waals surface area contributed by atoms with E-state index < -0.39 is 5.91 Å². The summed E-state index contributed by atoms with van der Waals surface area (Å²) in [4.78, 5) is 11.3. The first-order valence-corrected chi connectivity index (χ1v) is 5.29. The monoisotopic (exact) mass is 227 g/mol. The van der Waals surface area contributed by atoms with E-state index in [0.29, 0.717) is 16.7 Å². The molecule has 0 fully saturated rings. The third kappa shape index (κ3) is 1.99. The Hall–Kier alpha value is -2.29. The molecule has 3 N–H and O–H groups in total. The fourth-order valence-corrected chi connectivity index (χ4v) is 1.93. The summed E-state index contributed by atoms with van der Waals surface area (Å²) in [5, 5.41) is 9.90. The Morgan fingerprint density at radius 3 is 2.35 bits per heavy atom. The molecule has 2 aromatic rings. The second kappa shape index (κ2) is 4.29. The van der Waals surface area contributed by atoms with Crippen molar-refractivity contribution in [1.82, 2.24) is 0 Å². The summed E-state index contributed by atoms with van der Waals surface area (Å²) in [5.41, 5.74) is 7.94. The molecule has 0 radical (unpaired) electrons. The van der Waals surface area contributed by atoms with Crippen molar-refractivity contribution in [2.24, 2.45) is 5.73 Å². The van der Waals surface area contributed by atoms with Crippen LogP contribution in [-0.2, 0) is 0 Å². The molecule has 0 aliphatic carbocycles. The maximum absolute atomic E-state index is 11.3. The number of hydrogen-bond donors (Lipinski definition) is 2. The summed E-state index contributed by atoms with van der Waals surface area (Å²) in [6, 6.07) is 12.5. The predicted molar refractivity (Wildman–Crippen MR) is 66.8 cm³/mol. The minimum atomic E-state index is -0.486. The van der Waals surface area contributed by atoms with Crippen LogP contribution < -0.4 is 5.73 Å². The lowest BCUT2D eigenvalue weighted by Gasteiger charge is -2.11. The normalized spacial score (nSPS) is 10.2. The lowest BCUT2D eigenvalue weighted by Crippen LogP contribution is -2.13. The number of benzene rings is 2. The molecule has 86 valence electrons. The second-order valence-corrected chi connectivity index (χ2v) is 3.86. The Bertz CT molecular complexity index is 562. The van der Waals surface area contributed by atoms with Gasteiger partial charge in [0, 0.05) is 11.1 Å². The number of phenolic OH excluding ortho intramolecular Hbond substituents is 1. The molecule has 0 aliphatic heterocycles. The number of carbonyl (C=O) groups excluding carboxylic acids is 1. The smallest absolute Gasteiger partial charge is 0.248 e. The Balaban J connectivity index is 2.69. The summed E-state index contributed by atoms with van der Waals surface area (Å²) in [6.07, 6.45) is 0. The first-order valence-electron chi connectivity index (χ1n) is 5.29. The summed E-state index contributed by atoms with van der Waals surface area (Å²) >= 11 is 0. The molecule has 0 heterocycles. The SMILES string of the molecule is Cc1c(C(N)=O)ccc(O)c1-c1ccccc1. The highest BCUT2D eigenvalue weighted by atomic mass is 16.3. The molecular weight excluding hydrogens is 214 g/mol. The van der Waals surface area contributed by atoms with Crippen molar-refractivity contribution in [3.8, 4) is 16.9 Å². The van der Waals surface area contributed by atoms with Crippen LogP contribution in [0.5, 0.6) is 5.75 Å². The molecular formula is C14H13NO2. The zero-order valence-corrected chi connectivity index (χ0v) is 9.47. The van der Waals surface area contributed by atoms with Gasteiger partial charge in [-0.15, -0.1) is 0 Å². The highest BCUT2D eigenvalue weighted by Gasteiger charge is 2.13. The van der Waals surface area contributed by atoms with E-state index in [9.17, 15) is 9.90 Å². The van der Waals surface area contributed by atoms with Crippen molar-refractivity contribution in [3.63, 3.8) is 0 Å². The Morgan fingerprint density at radius 1 is 1.12 bits per heavy atom. The first-order chi connectivity index (χ1) is 8.11. The number of phenols is 1. The highest BCUT2D eigenvalue weighted by molar-refractivity contribution is 5.97. The van der Waals surface area contributed by atoms with Gasteiger partial charge >= 0.3 is 0 Å². The number of rotatable bonds is 2. The van der Waals surface area contributed by atoms with Gasteiger partial charge in [-0.1, -0.05) is 30.3 Å². The van der Waals surface area contributed by atoms with E-state index in [1.54, 1.807) is 13.0 Å². The summed E-state index contributed by atoms with van der Waals surface area (Å²) in [5.74, 6) is -0.335. The van der Waals surface area contributed by atoms with E-state index in [1.807, 2.05) is 30.3 Å². The van der Waals surface area contributed by atoms with Crippen LogP contribution in [0.3, 0.4) is 0 Å². The summed E-state index contributed by atoms with van der Waals surface area (Å²) in [7, 11) is 0. The zero-order valence-electron chi connectivity index (χ0n) is 9.47. The van der Waals surface area contributed by atoms with Gasteiger partial charge in [0.15, 0.2) is 0 Å². The molecule has 3 nitrogen and oxygen atoms in total. The number of carbonyl (C=O) groups is 1. The van der Waals surface area contributed by atoms with E-state index >= 15 is 0 Å². The molecule has 2 aromatic carbocycles. The third-order valence-corrected chi connectivity index (χ3v) is 2.77. The molecule has 0 bridgehead atoms. The fraction of sp³-hybridized carbons (Fsp3) is 0.0714. The van der Waals surface area contributed by atoms with Crippen LogP contribution >= 0.6 is 0 Å². The maximum atomic E-state index is 11.3. The lowest BCUT2D eigenvalue weighted by molar-refractivity contribution is 0.1000. The maximum Gasteiger partial charge on any atom is 0.248 e. The molecule has 0 saturated carbocycles. The van der Waals surface area contributed by atoms with Crippen LogP contribution in [0.1, 0.15) is 15.9 Å². The molecule has 1 amide bonds. The standard InChI is InChI=1S/C14H13NO2/c1-9-11(14(15)17)7-8-12(16)13(9)10-5-3-2-4-6-10/h2-8,16H,1H3,(H2,15,17). The van der Waals surface area contributed by atoms with Crippen molar-refractivity contribution in [3.05, 3.63) is 53.6 Å². The number of aromatic hydroxyl groups is 1. The Labute approximate surface area is 99.5 Å². The van der Waals surface area contributed by atoms with E-state index in [-0.39, 0.29) is 5.75 Å². The van der Waals surface area contributed by atoms with Crippen molar-refractivity contribution < 1.29 is 9.90 Å². The largest absolute Gasteiger partial charge is 0.507 e. The van der Waals surface area contributed by atoms with Gasteiger partial charge in [0.2, 0.25) is 5.91 Å². The number of nitrogens with two attached hydrogens (primary N) is 1. The first kappa shape index (κ1) is 11.2. The van der Waals surface area contributed by atoms with Gasteiger partial charge in [0.05, 0.1) is 0 Å². The average molecular weight is 227 g/mol. The lowest BCUT2D eigenvalue weighted by atomic mass is 9.95.